The Morgan fingerprint density at radius 2 is 2.06 bits per heavy atom. The van der Waals surface area contributed by atoms with E-state index in [1.54, 1.807) is 28.7 Å². The van der Waals surface area contributed by atoms with Gasteiger partial charge in [-0.25, -0.2) is 0 Å². The van der Waals surface area contributed by atoms with E-state index >= 15 is 0 Å². The minimum Gasteiger partial charge on any atom is -0.294 e. The van der Waals surface area contributed by atoms with Crippen LogP contribution >= 0.6 is 22.7 Å². The number of ketones is 1. The molecule has 0 fully saturated rings. The standard InChI is InChI=1S/C12H8O2S2/c13-8-9(14)3-4-10-5-6-12(16-10)11-2-1-7-15-11/h1-8H/b4-3+. The Balaban J connectivity index is 2.17. The Morgan fingerprint density at radius 3 is 2.75 bits per heavy atom. The first-order valence-electron chi connectivity index (χ1n) is 4.60. The number of aldehydes is 1. The summed E-state index contributed by atoms with van der Waals surface area (Å²) in [5.74, 6) is -0.508. The van der Waals surface area contributed by atoms with Gasteiger partial charge < -0.3 is 0 Å². The predicted octanol–water partition coefficient (Wildman–Crippen LogP) is 3.26. The van der Waals surface area contributed by atoms with Gasteiger partial charge in [0.05, 0.1) is 0 Å². The minimum absolute atomic E-state index is 0.310. The summed E-state index contributed by atoms with van der Waals surface area (Å²) in [5.41, 5.74) is 0. The second-order valence-electron chi connectivity index (χ2n) is 3.03. The third-order valence-corrected chi connectivity index (χ3v) is 4.03. The average molecular weight is 248 g/mol. The summed E-state index contributed by atoms with van der Waals surface area (Å²) < 4.78 is 0. The lowest BCUT2D eigenvalue weighted by Crippen LogP contribution is -1.90. The molecule has 0 aromatic carbocycles. The van der Waals surface area contributed by atoms with E-state index in [2.05, 4.69) is 6.07 Å². The highest BCUT2D eigenvalue weighted by Crippen LogP contribution is 2.31. The Labute approximate surface area is 101 Å². The molecule has 0 spiro atoms. The number of thiophene rings is 2. The molecule has 0 bridgehead atoms. The minimum atomic E-state index is -0.508. The monoisotopic (exact) mass is 248 g/mol. The molecule has 0 aliphatic heterocycles. The van der Waals surface area contributed by atoms with E-state index in [1.165, 1.54) is 15.8 Å². The van der Waals surface area contributed by atoms with Crippen molar-refractivity contribution in [3.05, 3.63) is 40.6 Å². The van der Waals surface area contributed by atoms with Crippen LogP contribution in [-0.4, -0.2) is 12.1 Å². The summed E-state index contributed by atoms with van der Waals surface area (Å²) in [5, 5.41) is 2.03. The van der Waals surface area contributed by atoms with Crippen molar-refractivity contribution in [1.29, 1.82) is 0 Å². The van der Waals surface area contributed by atoms with Crippen molar-refractivity contribution in [2.45, 2.75) is 0 Å². The number of hydrogen-bond donors (Lipinski definition) is 0. The molecule has 0 radical (unpaired) electrons. The molecule has 0 saturated heterocycles. The van der Waals surface area contributed by atoms with Gasteiger partial charge in [-0.05, 0) is 35.7 Å². The third kappa shape index (κ3) is 2.53. The number of hydrogen-bond acceptors (Lipinski definition) is 4. The molecule has 0 saturated carbocycles. The van der Waals surface area contributed by atoms with Gasteiger partial charge in [-0.3, -0.25) is 9.59 Å². The Hall–Kier alpha value is -1.52. The third-order valence-electron chi connectivity index (χ3n) is 1.92. The van der Waals surface area contributed by atoms with E-state index in [0.717, 1.165) is 4.88 Å². The fourth-order valence-corrected chi connectivity index (χ4v) is 2.94. The van der Waals surface area contributed by atoms with E-state index in [0.29, 0.717) is 6.29 Å². The quantitative estimate of drug-likeness (QED) is 0.473. The van der Waals surface area contributed by atoms with Gasteiger partial charge >= 0.3 is 0 Å². The lowest BCUT2D eigenvalue weighted by molar-refractivity contribution is -0.126. The average Bonchev–Trinajstić information content (AvgIpc) is 2.95. The summed E-state index contributed by atoms with van der Waals surface area (Å²) in [4.78, 5) is 24.3. The van der Waals surface area contributed by atoms with Gasteiger partial charge in [0.2, 0.25) is 5.78 Å². The van der Waals surface area contributed by atoms with Gasteiger partial charge in [-0.15, -0.1) is 22.7 Å². The zero-order valence-electron chi connectivity index (χ0n) is 8.25. The molecule has 0 atom stereocenters. The number of carbonyl (C=O) groups excluding carboxylic acids is 2. The molecule has 0 N–H and O–H groups in total. The van der Waals surface area contributed by atoms with Crippen LogP contribution in [0, 0.1) is 0 Å². The van der Waals surface area contributed by atoms with Crippen LogP contribution in [0.1, 0.15) is 4.88 Å². The first-order valence-corrected chi connectivity index (χ1v) is 6.30. The van der Waals surface area contributed by atoms with Crippen LogP contribution in [-0.2, 0) is 9.59 Å². The fraction of sp³-hybridized carbons (Fsp3) is 0. The van der Waals surface area contributed by atoms with Crippen molar-refractivity contribution in [3.63, 3.8) is 0 Å². The molecule has 2 aromatic rings. The zero-order valence-corrected chi connectivity index (χ0v) is 9.88. The topological polar surface area (TPSA) is 34.1 Å². The zero-order chi connectivity index (χ0) is 11.4. The summed E-state index contributed by atoms with van der Waals surface area (Å²) in [6.45, 7) is 0. The highest BCUT2D eigenvalue weighted by atomic mass is 32.1. The lowest BCUT2D eigenvalue weighted by Gasteiger charge is -1.87. The highest BCUT2D eigenvalue weighted by Gasteiger charge is 2.01. The van der Waals surface area contributed by atoms with Crippen LogP contribution in [0.15, 0.2) is 35.7 Å². The van der Waals surface area contributed by atoms with Gasteiger partial charge in [-0.2, -0.15) is 0 Å². The van der Waals surface area contributed by atoms with Gasteiger partial charge in [0.25, 0.3) is 0 Å². The van der Waals surface area contributed by atoms with Crippen LogP contribution in [0.4, 0.5) is 0 Å². The molecule has 16 heavy (non-hydrogen) atoms. The summed E-state index contributed by atoms with van der Waals surface area (Å²) >= 11 is 3.28. The van der Waals surface area contributed by atoms with Crippen LogP contribution in [0.25, 0.3) is 15.8 Å². The summed E-state index contributed by atoms with van der Waals surface area (Å²) in [7, 11) is 0. The van der Waals surface area contributed by atoms with Crippen molar-refractivity contribution >= 4 is 40.8 Å². The first kappa shape index (κ1) is 11.0. The molecule has 2 rings (SSSR count). The predicted molar refractivity (Wildman–Crippen MR) is 67.7 cm³/mol. The Bertz CT molecular complexity index is 521. The normalized spacial score (nSPS) is 10.8. The molecule has 4 heteroatoms. The maximum absolute atomic E-state index is 10.8. The van der Waals surface area contributed by atoms with Gasteiger partial charge in [0.15, 0.2) is 6.29 Å². The molecule has 2 aromatic heterocycles. The van der Waals surface area contributed by atoms with Crippen LogP contribution in [0.2, 0.25) is 0 Å². The van der Waals surface area contributed by atoms with E-state index in [-0.39, 0.29) is 0 Å². The second kappa shape index (κ2) is 5.01. The highest BCUT2D eigenvalue weighted by molar-refractivity contribution is 7.21. The summed E-state index contributed by atoms with van der Waals surface area (Å²) in [6.07, 6.45) is 3.26. The van der Waals surface area contributed by atoms with Gasteiger partial charge in [0, 0.05) is 14.6 Å². The van der Waals surface area contributed by atoms with E-state index in [4.69, 9.17) is 0 Å². The number of rotatable bonds is 4. The molecule has 80 valence electrons. The Kier molecular flexibility index (Phi) is 3.44. The SMILES string of the molecule is O=CC(=O)/C=C/c1ccc(-c2cccs2)s1. The molecule has 0 unspecified atom stereocenters. The molecule has 0 aliphatic carbocycles. The largest absolute Gasteiger partial charge is 0.294 e. The number of allylic oxidation sites excluding steroid dienone is 1. The van der Waals surface area contributed by atoms with Crippen molar-refractivity contribution < 1.29 is 9.59 Å². The van der Waals surface area contributed by atoms with E-state index in [9.17, 15) is 9.59 Å². The molecule has 0 amide bonds. The van der Waals surface area contributed by atoms with Crippen molar-refractivity contribution in [2.75, 3.05) is 0 Å². The van der Waals surface area contributed by atoms with Crippen molar-refractivity contribution in [1.82, 2.24) is 0 Å². The summed E-state index contributed by atoms with van der Waals surface area (Å²) in [6, 6.07) is 8.02. The molecule has 2 heterocycles. The van der Waals surface area contributed by atoms with Crippen molar-refractivity contribution in [2.24, 2.45) is 0 Å². The molecular formula is C12H8O2S2. The molecular weight excluding hydrogens is 240 g/mol. The fourth-order valence-electron chi connectivity index (χ4n) is 1.20. The Morgan fingerprint density at radius 1 is 1.19 bits per heavy atom. The van der Waals surface area contributed by atoms with Crippen LogP contribution in [0.5, 0.6) is 0 Å². The molecule has 0 aliphatic rings. The van der Waals surface area contributed by atoms with Crippen LogP contribution < -0.4 is 0 Å². The van der Waals surface area contributed by atoms with Gasteiger partial charge in [-0.1, -0.05) is 6.07 Å². The smallest absolute Gasteiger partial charge is 0.218 e. The van der Waals surface area contributed by atoms with E-state index < -0.39 is 5.78 Å². The van der Waals surface area contributed by atoms with Crippen LogP contribution in [0.3, 0.4) is 0 Å². The first-order chi connectivity index (χ1) is 7.79. The second-order valence-corrected chi connectivity index (χ2v) is 5.10. The lowest BCUT2D eigenvalue weighted by atomic mass is 10.3. The molecule has 2 nitrogen and oxygen atoms in total. The van der Waals surface area contributed by atoms with Gasteiger partial charge in [0.1, 0.15) is 0 Å². The van der Waals surface area contributed by atoms with Crippen molar-refractivity contribution in [3.8, 4) is 9.75 Å². The van der Waals surface area contributed by atoms with E-state index in [1.807, 2.05) is 23.6 Å². The maximum Gasteiger partial charge on any atom is 0.218 e. The maximum atomic E-state index is 10.8. The number of carbonyl (C=O) groups is 2.